The van der Waals surface area contributed by atoms with Crippen LogP contribution in [0.15, 0.2) is 109 Å². The van der Waals surface area contributed by atoms with E-state index in [0.717, 1.165) is 12.1 Å². The first-order valence-electron chi connectivity index (χ1n) is 12.7. The molecular formula is C34H29NS. The maximum Gasteiger partial charge on any atom is 0.0478 e. The van der Waals surface area contributed by atoms with Crippen molar-refractivity contribution in [2.45, 2.75) is 38.0 Å². The summed E-state index contributed by atoms with van der Waals surface area (Å²) in [6.45, 7) is 7.22. The Morgan fingerprint density at radius 3 is 2.36 bits per heavy atom. The summed E-state index contributed by atoms with van der Waals surface area (Å²) in [7, 11) is 0. The van der Waals surface area contributed by atoms with Gasteiger partial charge in [-0.05, 0) is 64.6 Å². The second-order valence-corrected chi connectivity index (χ2v) is 12.0. The fourth-order valence-electron chi connectivity index (χ4n) is 6.69. The van der Waals surface area contributed by atoms with Crippen LogP contribution in [0.3, 0.4) is 0 Å². The van der Waals surface area contributed by atoms with Crippen molar-refractivity contribution in [2.75, 3.05) is 5.32 Å². The van der Waals surface area contributed by atoms with Crippen LogP contribution in [0, 0.1) is 0 Å². The van der Waals surface area contributed by atoms with Gasteiger partial charge in [-0.15, -0.1) is 11.3 Å². The minimum absolute atomic E-state index is 0.0123. The lowest BCUT2D eigenvalue weighted by Crippen LogP contribution is -2.28. The standard InChI is InChI=1S/C34H29NS/c1-33(2)27-20-24(35-28-13-9-15-30-32(28)25-12-7-8-14-29(25)36-30)17-18-26(27)34(3)21-23(16-19-31(33)34)22-10-5-4-6-11-22/h4-20,35H,21H2,1-3H3. The van der Waals surface area contributed by atoms with Gasteiger partial charge in [-0.3, -0.25) is 0 Å². The van der Waals surface area contributed by atoms with Crippen LogP contribution in [0.1, 0.15) is 43.9 Å². The van der Waals surface area contributed by atoms with Crippen LogP contribution in [0.4, 0.5) is 11.4 Å². The van der Waals surface area contributed by atoms with E-state index in [9.17, 15) is 0 Å². The molecule has 0 amide bonds. The molecule has 2 aliphatic rings. The lowest BCUT2D eigenvalue weighted by molar-refractivity contribution is 0.517. The van der Waals surface area contributed by atoms with E-state index in [-0.39, 0.29) is 10.8 Å². The highest BCUT2D eigenvalue weighted by Crippen LogP contribution is 2.58. The topological polar surface area (TPSA) is 12.0 Å². The van der Waals surface area contributed by atoms with E-state index in [0.29, 0.717) is 0 Å². The van der Waals surface area contributed by atoms with Crippen molar-refractivity contribution in [1.82, 2.24) is 0 Å². The zero-order chi connectivity index (χ0) is 24.5. The van der Waals surface area contributed by atoms with E-state index in [1.807, 2.05) is 11.3 Å². The monoisotopic (exact) mass is 483 g/mol. The van der Waals surface area contributed by atoms with Gasteiger partial charge in [0, 0.05) is 42.4 Å². The molecule has 0 saturated carbocycles. The summed E-state index contributed by atoms with van der Waals surface area (Å²) in [6, 6.07) is 33.2. The highest BCUT2D eigenvalue weighted by atomic mass is 32.1. The molecule has 176 valence electrons. The average molecular weight is 484 g/mol. The molecule has 0 saturated heterocycles. The third kappa shape index (κ3) is 3.07. The fourth-order valence-corrected chi connectivity index (χ4v) is 7.82. The lowest BCUT2D eigenvalue weighted by Gasteiger charge is -2.35. The second kappa shape index (κ2) is 7.69. The van der Waals surface area contributed by atoms with Crippen molar-refractivity contribution in [3.05, 3.63) is 125 Å². The smallest absolute Gasteiger partial charge is 0.0478 e. The molecule has 5 aromatic rings. The minimum atomic E-state index is -0.0123. The number of allylic oxidation sites excluding steroid dienone is 4. The number of rotatable bonds is 3. The number of thiophene rings is 1. The van der Waals surface area contributed by atoms with Crippen LogP contribution in [0.25, 0.3) is 25.7 Å². The van der Waals surface area contributed by atoms with Crippen molar-refractivity contribution < 1.29 is 0 Å². The van der Waals surface area contributed by atoms with Gasteiger partial charge >= 0.3 is 0 Å². The van der Waals surface area contributed by atoms with Crippen molar-refractivity contribution in [3.8, 4) is 0 Å². The van der Waals surface area contributed by atoms with Crippen LogP contribution in [-0.4, -0.2) is 0 Å². The predicted octanol–water partition coefficient (Wildman–Crippen LogP) is 9.76. The molecule has 0 aliphatic heterocycles. The summed E-state index contributed by atoms with van der Waals surface area (Å²) in [5, 5.41) is 6.44. The maximum atomic E-state index is 3.80. The fraction of sp³-hybridized carbons (Fsp3) is 0.176. The number of hydrogen-bond acceptors (Lipinski definition) is 2. The summed E-state index contributed by atoms with van der Waals surface area (Å²) in [5.41, 5.74) is 9.50. The normalized spacial score (nSPS) is 20.1. The molecule has 2 aliphatic carbocycles. The van der Waals surface area contributed by atoms with Gasteiger partial charge < -0.3 is 5.32 Å². The van der Waals surface area contributed by atoms with Crippen LogP contribution < -0.4 is 5.32 Å². The second-order valence-electron chi connectivity index (χ2n) is 10.9. The van der Waals surface area contributed by atoms with Crippen molar-refractivity contribution in [1.29, 1.82) is 0 Å². The Morgan fingerprint density at radius 2 is 1.50 bits per heavy atom. The maximum absolute atomic E-state index is 3.80. The molecule has 1 atom stereocenters. The van der Waals surface area contributed by atoms with Crippen LogP contribution in [0.2, 0.25) is 0 Å². The minimum Gasteiger partial charge on any atom is -0.355 e. The van der Waals surface area contributed by atoms with E-state index in [1.165, 1.54) is 53.7 Å². The Hall–Kier alpha value is -3.62. The van der Waals surface area contributed by atoms with Gasteiger partial charge in [-0.25, -0.2) is 0 Å². The van der Waals surface area contributed by atoms with Gasteiger partial charge in [-0.1, -0.05) is 93.6 Å². The Bertz CT molecular complexity index is 1720. The SMILES string of the molecule is CC1(C)C2=CC=C(c3ccccc3)CC2(C)c2ccc(Nc3cccc4sc5ccccc5c34)cc21. The Kier molecular flexibility index (Phi) is 4.62. The van der Waals surface area contributed by atoms with Gasteiger partial charge in [0.25, 0.3) is 0 Å². The molecule has 0 bridgehead atoms. The molecule has 1 aromatic heterocycles. The summed E-state index contributed by atoms with van der Waals surface area (Å²) in [5.74, 6) is 0. The molecule has 36 heavy (non-hydrogen) atoms. The van der Waals surface area contributed by atoms with Crippen molar-refractivity contribution in [3.63, 3.8) is 0 Å². The average Bonchev–Trinajstić information content (AvgIpc) is 3.35. The highest BCUT2D eigenvalue weighted by Gasteiger charge is 2.50. The number of nitrogens with one attached hydrogen (secondary N) is 1. The number of anilines is 2. The van der Waals surface area contributed by atoms with Gasteiger partial charge in [0.15, 0.2) is 0 Å². The zero-order valence-electron chi connectivity index (χ0n) is 20.9. The van der Waals surface area contributed by atoms with Crippen LogP contribution >= 0.6 is 11.3 Å². The molecule has 2 heteroatoms. The molecular weight excluding hydrogens is 454 g/mol. The summed E-state index contributed by atoms with van der Waals surface area (Å²) >= 11 is 1.86. The van der Waals surface area contributed by atoms with E-state index in [1.54, 1.807) is 0 Å². The third-order valence-electron chi connectivity index (χ3n) is 8.38. The molecule has 4 aromatic carbocycles. The molecule has 1 N–H and O–H groups in total. The summed E-state index contributed by atoms with van der Waals surface area (Å²) in [6.07, 6.45) is 5.78. The van der Waals surface area contributed by atoms with Gasteiger partial charge in [0.1, 0.15) is 0 Å². The molecule has 1 heterocycles. The van der Waals surface area contributed by atoms with Crippen LogP contribution in [0.5, 0.6) is 0 Å². The Labute approximate surface area is 216 Å². The van der Waals surface area contributed by atoms with E-state index >= 15 is 0 Å². The molecule has 0 fully saturated rings. The van der Waals surface area contributed by atoms with E-state index in [2.05, 4.69) is 129 Å². The highest BCUT2D eigenvalue weighted by molar-refractivity contribution is 7.25. The Balaban J connectivity index is 1.30. The van der Waals surface area contributed by atoms with Crippen molar-refractivity contribution in [2.24, 2.45) is 0 Å². The van der Waals surface area contributed by atoms with Gasteiger partial charge in [0.05, 0.1) is 0 Å². The van der Waals surface area contributed by atoms with E-state index < -0.39 is 0 Å². The van der Waals surface area contributed by atoms with Gasteiger partial charge in [0.2, 0.25) is 0 Å². The molecule has 7 rings (SSSR count). The predicted molar refractivity (Wildman–Crippen MR) is 157 cm³/mol. The number of hydrogen-bond donors (Lipinski definition) is 1. The molecule has 0 spiro atoms. The first-order valence-corrected chi connectivity index (χ1v) is 13.6. The molecule has 1 unspecified atom stereocenters. The first-order chi connectivity index (χ1) is 17.4. The van der Waals surface area contributed by atoms with Crippen LogP contribution in [-0.2, 0) is 10.8 Å². The first kappa shape index (κ1) is 21.6. The number of fused-ring (bicyclic) bond motifs is 6. The number of benzene rings is 4. The quantitative estimate of drug-likeness (QED) is 0.269. The van der Waals surface area contributed by atoms with Gasteiger partial charge in [-0.2, -0.15) is 0 Å². The Morgan fingerprint density at radius 1 is 0.722 bits per heavy atom. The third-order valence-corrected chi connectivity index (χ3v) is 9.51. The summed E-state index contributed by atoms with van der Waals surface area (Å²) in [4.78, 5) is 0. The summed E-state index contributed by atoms with van der Waals surface area (Å²) < 4.78 is 2.66. The zero-order valence-corrected chi connectivity index (χ0v) is 21.7. The largest absolute Gasteiger partial charge is 0.355 e. The van der Waals surface area contributed by atoms with Crippen molar-refractivity contribution >= 4 is 48.5 Å². The lowest BCUT2D eigenvalue weighted by atomic mass is 9.68. The molecule has 1 nitrogen and oxygen atoms in total. The van der Waals surface area contributed by atoms with E-state index in [4.69, 9.17) is 0 Å². The molecule has 0 radical (unpaired) electrons.